The molecule has 144 valence electrons. The van der Waals surface area contributed by atoms with Crippen LogP contribution in [0.3, 0.4) is 0 Å². The standard InChI is InChI=1S/C20H18ClF3O3/c1-12-3-5-13(6-4-12)15-9-14(19(18(25)26)7-2-8-19)10-16(21)17(15)27-11-20(22,23)24/h3-6,9-10H,2,7-8,11H2,1H3,(H,25,26). The molecule has 2 aromatic rings. The summed E-state index contributed by atoms with van der Waals surface area (Å²) in [5, 5.41) is 9.65. The largest absolute Gasteiger partial charge is 0.482 e. The normalized spacial score (nSPS) is 15.9. The lowest BCUT2D eigenvalue weighted by molar-refractivity contribution is -0.153. The van der Waals surface area contributed by atoms with E-state index in [1.54, 1.807) is 18.2 Å². The maximum Gasteiger partial charge on any atom is 0.422 e. The van der Waals surface area contributed by atoms with Gasteiger partial charge in [-0.05, 0) is 43.0 Å². The Kier molecular flexibility index (Phi) is 5.12. The van der Waals surface area contributed by atoms with Crippen molar-refractivity contribution >= 4 is 17.6 Å². The number of alkyl halides is 3. The van der Waals surface area contributed by atoms with Crippen molar-refractivity contribution in [2.45, 2.75) is 37.8 Å². The summed E-state index contributed by atoms with van der Waals surface area (Å²) in [6.07, 6.45) is -2.80. The average Bonchev–Trinajstić information content (AvgIpc) is 2.52. The Morgan fingerprint density at radius 1 is 1.22 bits per heavy atom. The van der Waals surface area contributed by atoms with Gasteiger partial charge in [0.15, 0.2) is 6.61 Å². The molecular formula is C20H18ClF3O3. The van der Waals surface area contributed by atoms with Crippen molar-refractivity contribution in [3.8, 4) is 16.9 Å². The van der Waals surface area contributed by atoms with Crippen molar-refractivity contribution in [1.29, 1.82) is 0 Å². The first-order valence-electron chi connectivity index (χ1n) is 8.46. The first-order chi connectivity index (χ1) is 12.6. The molecule has 3 rings (SSSR count). The van der Waals surface area contributed by atoms with Crippen molar-refractivity contribution in [1.82, 2.24) is 0 Å². The van der Waals surface area contributed by atoms with Crippen LogP contribution in [-0.4, -0.2) is 23.9 Å². The highest BCUT2D eigenvalue weighted by Crippen LogP contribution is 2.48. The molecule has 0 aromatic heterocycles. The summed E-state index contributed by atoms with van der Waals surface area (Å²) in [6, 6.07) is 10.1. The minimum absolute atomic E-state index is 0.0279. The Morgan fingerprint density at radius 2 is 1.85 bits per heavy atom. The van der Waals surface area contributed by atoms with E-state index in [0.29, 0.717) is 29.5 Å². The third kappa shape index (κ3) is 3.90. The van der Waals surface area contributed by atoms with E-state index in [4.69, 9.17) is 16.3 Å². The van der Waals surface area contributed by atoms with E-state index in [-0.39, 0.29) is 10.8 Å². The van der Waals surface area contributed by atoms with Gasteiger partial charge in [-0.3, -0.25) is 4.79 Å². The van der Waals surface area contributed by atoms with Crippen molar-refractivity contribution in [3.63, 3.8) is 0 Å². The number of rotatable bonds is 5. The molecule has 1 saturated carbocycles. The number of carboxylic acid groups (broad SMARTS) is 1. The second-order valence-corrected chi connectivity index (χ2v) is 7.25. The molecule has 0 amide bonds. The van der Waals surface area contributed by atoms with Crippen LogP contribution in [0.2, 0.25) is 5.02 Å². The summed E-state index contributed by atoms with van der Waals surface area (Å²) < 4.78 is 42.9. The average molecular weight is 399 g/mol. The number of aliphatic carboxylic acids is 1. The zero-order valence-corrected chi connectivity index (χ0v) is 15.3. The van der Waals surface area contributed by atoms with Gasteiger partial charge >= 0.3 is 12.1 Å². The maximum absolute atomic E-state index is 12.7. The number of ether oxygens (including phenoxy) is 1. The van der Waals surface area contributed by atoms with E-state index in [2.05, 4.69) is 0 Å². The molecular weight excluding hydrogens is 381 g/mol. The molecule has 1 aliphatic carbocycles. The van der Waals surface area contributed by atoms with Crippen LogP contribution in [0, 0.1) is 6.92 Å². The zero-order valence-electron chi connectivity index (χ0n) is 14.6. The van der Waals surface area contributed by atoms with Crippen molar-refractivity contribution in [2.75, 3.05) is 6.61 Å². The van der Waals surface area contributed by atoms with E-state index >= 15 is 0 Å². The molecule has 1 N–H and O–H groups in total. The lowest BCUT2D eigenvalue weighted by Gasteiger charge is -2.38. The van der Waals surface area contributed by atoms with Gasteiger partial charge in [-0.15, -0.1) is 0 Å². The third-order valence-electron chi connectivity index (χ3n) is 4.96. The number of benzene rings is 2. The van der Waals surface area contributed by atoms with Crippen LogP contribution in [0.5, 0.6) is 5.75 Å². The van der Waals surface area contributed by atoms with E-state index in [1.165, 1.54) is 6.07 Å². The number of carboxylic acids is 1. The SMILES string of the molecule is Cc1ccc(-c2cc(C3(C(=O)O)CCC3)cc(Cl)c2OCC(F)(F)F)cc1. The van der Waals surface area contributed by atoms with Crippen LogP contribution in [0.25, 0.3) is 11.1 Å². The fraction of sp³-hybridized carbons (Fsp3) is 0.350. The molecule has 0 saturated heterocycles. The van der Waals surface area contributed by atoms with Crippen LogP contribution in [0.1, 0.15) is 30.4 Å². The number of aryl methyl sites for hydroxylation is 1. The van der Waals surface area contributed by atoms with Crippen LogP contribution >= 0.6 is 11.6 Å². The molecule has 1 aliphatic rings. The highest BCUT2D eigenvalue weighted by atomic mass is 35.5. The second-order valence-electron chi connectivity index (χ2n) is 6.85. The maximum atomic E-state index is 12.7. The topological polar surface area (TPSA) is 46.5 Å². The summed E-state index contributed by atoms with van der Waals surface area (Å²) in [5.41, 5.74) is 1.39. The predicted molar refractivity (Wildman–Crippen MR) is 96.3 cm³/mol. The quantitative estimate of drug-likeness (QED) is 0.696. The van der Waals surface area contributed by atoms with Gasteiger partial charge in [0.05, 0.1) is 10.4 Å². The lowest BCUT2D eigenvalue weighted by Crippen LogP contribution is -2.42. The van der Waals surface area contributed by atoms with Crippen molar-refractivity contribution < 1.29 is 27.8 Å². The molecule has 0 spiro atoms. The van der Waals surface area contributed by atoms with Crippen LogP contribution in [-0.2, 0) is 10.2 Å². The molecule has 0 unspecified atom stereocenters. The van der Waals surface area contributed by atoms with Gasteiger partial charge in [0.2, 0.25) is 0 Å². The number of hydrogen-bond donors (Lipinski definition) is 1. The predicted octanol–water partition coefficient (Wildman–Crippen LogP) is 5.76. The Balaban J connectivity index is 2.13. The number of halogens is 4. The molecule has 0 aliphatic heterocycles. The van der Waals surface area contributed by atoms with Gasteiger partial charge in [0.25, 0.3) is 0 Å². The van der Waals surface area contributed by atoms with Gasteiger partial charge in [-0.2, -0.15) is 13.2 Å². The first kappa shape index (κ1) is 19.5. The first-order valence-corrected chi connectivity index (χ1v) is 8.84. The van der Waals surface area contributed by atoms with E-state index < -0.39 is 24.2 Å². The van der Waals surface area contributed by atoms with Crippen molar-refractivity contribution in [3.05, 3.63) is 52.5 Å². The lowest BCUT2D eigenvalue weighted by atomic mass is 9.64. The third-order valence-corrected chi connectivity index (χ3v) is 5.24. The molecule has 0 atom stereocenters. The minimum Gasteiger partial charge on any atom is -0.482 e. The molecule has 27 heavy (non-hydrogen) atoms. The Hall–Kier alpha value is -2.21. The Morgan fingerprint density at radius 3 is 2.33 bits per heavy atom. The summed E-state index contributed by atoms with van der Waals surface area (Å²) in [5.74, 6) is -1.05. The van der Waals surface area contributed by atoms with E-state index in [1.807, 2.05) is 19.1 Å². The fourth-order valence-corrected chi connectivity index (χ4v) is 3.55. The van der Waals surface area contributed by atoms with Gasteiger partial charge in [-0.25, -0.2) is 0 Å². The highest BCUT2D eigenvalue weighted by Gasteiger charge is 2.46. The fourth-order valence-electron chi connectivity index (χ4n) is 3.27. The smallest absolute Gasteiger partial charge is 0.422 e. The molecule has 1 fully saturated rings. The monoisotopic (exact) mass is 398 g/mol. The Bertz CT molecular complexity index is 856. The molecule has 3 nitrogen and oxygen atoms in total. The van der Waals surface area contributed by atoms with Crippen LogP contribution in [0.15, 0.2) is 36.4 Å². The Labute approximate surface area is 159 Å². The zero-order chi connectivity index (χ0) is 19.8. The minimum atomic E-state index is -4.51. The highest BCUT2D eigenvalue weighted by molar-refractivity contribution is 6.32. The van der Waals surface area contributed by atoms with E-state index in [0.717, 1.165) is 12.0 Å². The number of hydrogen-bond acceptors (Lipinski definition) is 2. The van der Waals surface area contributed by atoms with Crippen molar-refractivity contribution in [2.24, 2.45) is 0 Å². The van der Waals surface area contributed by atoms with Crippen LogP contribution < -0.4 is 4.74 Å². The van der Waals surface area contributed by atoms with E-state index in [9.17, 15) is 23.1 Å². The molecule has 7 heteroatoms. The summed E-state index contributed by atoms with van der Waals surface area (Å²) in [7, 11) is 0. The van der Waals surface area contributed by atoms with Gasteiger partial charge < -0.3 is 9.84 Å². The molecule has 2 aromatic carbocycles. The van der Waals surface area contributed by atoms with Gasteiger partial charge in [0.1, 0.15) is 5.75 Å². The molecule has 0 bridgehead atoms. The summed E-state index contributed by atoms with van der Waals surface area (Å²) in [6.45, 7) is 0.414. The van der Waals surface area contributed by atoms with Gasteiger partial charge in [0, 0.05) is 5.56 Å². The van der Waals surface area contributed by atoms with Crippen LogP contribution in [0.4, 0.5) is 13.2 Å². The number of carbonyl (C=O) groups is 1. The second kappa shape index (κ2) is 7.08. The summed E-state index contributed by atoms with van der Waals surface area (Å²) in [4.78, 5) is 11.8. The molecule has 0 heterocycles. The molecule has 0 radical (unpaired) electrons. The van der Waals surface area contributed by atoms with Gasteiger partial charge in [-0.1, -0.05) is 47.9 Å². The summed E-state index contributed by atoms with van der Waals surface area (Å²) >= 11 is 6.25.